The molecule has 4 heterocycles. The molecule has 0 unspecified atom stereocenters. The Hall–Kier alpha value is -3.39. The molecule has 0 radical (unpaired) electrons. The molecule has 1 fully saturated rings. The Labute approximate surface area is 184 Å². The number of likely N-dealkylation sites (tertiary alicyclic amines) is 1. The van der Waals surface area contributed by atoms with E-state index in [0.717, 1.165) is 31.7 Å². The molecule has 0 aliphatic carbocycles. The molecule has 1 aromatic carbocycles. The molecular formula is C24H24FN5O2. The third-order valence-corrected chi connectivity index (χ3v) is 6.25. The number of aromatic amines is 1. The van der Waals surface area contributed by atoms with Gasteiger partial charge >= 0.3 is 0 Å². The van der Waals surface area contributed by atoms with Crippen molar-refractivity contribution in [3.8, 4) is 0 Å². The van der Waals surface area contributed by atoms with E-state index >= 15 is 0 Å². The van der Waals surface area contributed by atoms with E-state index in [2.05, 4.69) is 14.9 Å². The SMILES string of the molecule is O=C(c1ccccc1F)N1CCc2c(nc([C@@H]3CCN(Cc4ccccn4)C3)[nH]c2=O)C1. The normalized spacial score (nSPS) is 18.5. The molecule has 2 aliphatic heterocycles. The van der Waals surface area contributed by atoms with Gasteiger partial charge in [0, 0.05) is 37.3 Å². The number of H-pyrrole nitrogens is 1. The second-order valence-electron chi connectivity index (χ2n) is 8.37. The smallest absolute Gasteiger partial charge is 0.257 e. The fourth-order valence-corrected chi connectivity index (χ4v) is 4.55. The van der Waals surface area contributed by atoms with Gasteiger partial charge in [0.05, 0.1) is 23.5 Å². The monoisotopic (exact) mass is 433 g/mol. The van der Waals surface area contributed by atoms with Crippen molar-refractivity contribution in [1.82, 2.24) is 24.8 Å². The molecule has 1 N–H and O–H groups in total. The Kier molecular flexibility index (Phi) is 5.53. The van der Waals surface area contributed by atoms with Crippen molar-refractivity contribution in [1.29, 1.82) is 0 Å². The van der Waals surface area contributed by atoms with Gasteiger partial charge in [0.25, 0.3) is 11.5 Å². The second-order valence-corrected chi connectivity index (χ2v) is 8.37. The summed E-state index contributed by atoms with van der Waals surface area (Å²) >= 11 is 0. The van der Waals surface area contributed by atoms with E-state index < -0.39 is 5.82 Å². The van der Waals surface area contributed by atoms with Crippen LogP contribution in [0.4, 0.5) is 4.39 Å². The van der Waals surface area contributed by atoms with Crippen molar-refractivity contribution < 1.29 is 9.18 Å². The number of carbonyl (C=O) groups excluding carboxylic acids is 1. The Morgan fingerprint density at radius 3 is 2.81 bits per heavy atom. The van der Waals surface area contributed by atoms with Crippen molar-refractivity contribution in [2.45, 2.75) is 31.8 Å². The van der Waals surface area contributed by atoms with Crippen molar-refractivity contribution in [2.75, 3.05) is 19.6 Å². The fourth-order valence-electron chi connectivity index (χ4n) is 4.55. The van der Waals surface area contributed by atoms with Gasteiger partial charge in [-0.3, -0.25) is 19.5 Å². The summed E-state index contributed by atoms with van der Waals surface area (Å²) in [5.74, 6) is -0.131. The van der Waals surface area contributed by atoms with Gasteiger partial charge < -0.3 is 9.88 Å². The number of pyridine rings is 1. The van der Waals surface area contributed by atoms with E-state index in [1.54, 1.807) is 23.2 Å². The highest BCUT2D eigenvalue weighted by molar-refractivity contribution is 5.94. The summed E-state index contributed by atoms with van der Waals surface area (Å²) in [4.78, 5) is 41.6. The summed E-state index contributed by atoms with van der Waals surface area (Å²) in [6, 6.07) is 11.9. The lowest BCUT2D eigenvalue weighted by atomic mass is 10.0. The number of amides is 1. The number of halogens is 1. The average Bonchev–Trinajstić information content (AvgIpc) is 3.28. The van der Waals surface area contributed by atoms with Crippen molar-refractivity contribution >= 4 is 5.91 Å². The number of rotatable bonds is 4. The first kappa shape index (κ1) is 20.5. The standard InChI is InChI=1S/C24H24FN5O2/c25-20-7-2-1-6-18(20)24(32)30-12-9-19-21(15-30)27-22(28-23(19)31)16-8-11-29(13-16)14-17-5-3-4-10-26-17/h1-7,10,16H,8-9,11-15H2,(H,27,28,31)/t16-/m1/s1. The number of aromatic nitrogens is 3. The molecule has 0 spiro atoms. The van der Waals surface area contributed by atoms with Crippen LogP contribution in [0.2, 0.25) is 0 Å². The molecule has 1 amide bonds. The zero-order valence-corrected chi connectivity index (χ0v) is 17.6. The van der Waals surface area contributed by atoms with Crippen molar-refractivity contribution in [2.24, 2.45) is 0 Å². The topological polar surface area (TPSA) is 82.2 Å². The number of carbonyl (C=O) groups is 1. The van der Waals surface area contributed by atoms with E-state index in [4.69, 9.17) is 4.98 Å². The van der Waals surface area contributed by atoms with Gasteiger partial charge in [-0.2, -0.15) is 0 Å². The van der Waals surface area contributed by atoms with E-state index in [1.807, 2.05) is 18.2 Å². The Morgan fingerprint density at radius 2 is 2.00 bits per heavy atom. The molecule has 1 atom stereocenters. The largest absolute Gasteiger partial charge is 0.332 e. The van der Waals surface area contributed by atoms with Crippen LogP contribution in [0.15, 0.2) is 53.5 Å². The van der Waals surface area contributed by atoms with E-state index in [1.165, 1.54) is 12.1 Å². The Balaban J connectivity index is 1.33. The summed E-state index contributed by atoms with van der Waals surface area (Å²) in [5.41, 5.74) is 2.16. The van der Waals surface area contributed by atoms with Gasteiger partial charge in [-0.25, -0.2) is 9.37 Å². The number of fused-ring (bicyclic) bond motifs is 1. The zero-order valence-electron chi connectivity index (χ0n) is 17.6. The number of hydrogen-bond acceptors (Lipinski definition) is 5. The van der Waals surface area contributed by atoms with Crippen LogP contribution in [-0.2, 0) is 19.5 Å². The number of hydrogen-bond donors (Lipinski definition) is 1. The predicted molar refractivity (Wildman–Crippen MR) is 117 cm³/mol. The average molecular weight is 433 g/mol. The molecule has 0 bridgehead atoms. The van der Waals surface area contributed by atoms with Crippen LogP contribution in [0.1, 0.15) is 45.5 Å². The maximum Gasteiger partial charge on any atom is 0.257 e. The summed E-state index contributed by atoms with van der Waals surface area (Å²) in [6.07, 6.45) is 3.10. The second kappa shape index (κ2) is 8.63. The Bertz CT molecular complexity index is 1200. The van der Waals surface area contributed by atoms with Crippen LogP contribution in [0.5, 0.6) is 0 Å². The molecule has 0 saturated carbocycles. The van der Waals surface area contributed by atoms with Crippen LogP contribution in [-0.4, -0.2) is 50.3 Å². The van der Waals surface area contributed by atoms with Gasteiger partial charge in [-0.15, -0.1) is 0 Å². The minimum atomic E-state index is -0.540. The minimum Gasteiger partial charge on any atom is -0.332 e. The van der Waals surface area contributed by atoms with Gasteiger partial charge in [-0.1, -0.05) is 18.2 Å². The van der Waals surface area contributed by atoms with Crippen molar-refractivity contribution in [3.05, 3.63) is 93.2 Å². The molecule has 164 valence electrons. The lowest BCUT2D eigenvalue weighted by molar-refractivity contribution is 0.0726. The first-order chi connectivity index (χ1) is 15.6. The van der Waals surface area contributed by atoms with Crippen LogP contribution in [0.25, 0.3) is 0 Å². The lowest BCUT2D eigenvalue weighted by Crippen LogP contribution is -2.40. The van der Waals surface area contributed by atoms with Gasteiger partial charge in [0.15, 0.2) is 0 Å². The van der Waals surface area contributed by atoms with E-state index in [9.17, 15) is 14.0 Å². The highest BCUT2D eigenvalue weighted by Gasteiger charge is 2.30. The zero-order chi connectivity index (χ0) is 22.1. The molecule has 5 rings (SSSR count). The Morgan fingerprint density at radius 1 is 1.16 bits per heavy atom. The molecule has 1 saturated heterocycles. The summed E-state index contributed by atoms with van der Waals surface area (Å²) in [6.45, 7) is 3.03. The van der Waals surface area contributed by atoms with E-state index in [0.29, 0.717) is 30.0 Å². The third kappa shape index (κ3) is 4.05. The summed E-state index contributed by atoms with van der Waals surface area (Å²) in [7, 11) is 0. The van der Waals surface area contributed by atoms with Crippen LogP contribution >= 0.6 is 0 Å². The molecule has 2 aromatic heterocycles. The highest BCUT2D eigenvalue weighted by atomic mass is 19.1. The maximum atomic E-state index is 14.1. The third-order valence-electron chi connectivity index (χ3n) is 6.25. The van der Waals surface area contributed by atoms with Crippen LogP contribution < -0.4 is 5.56 Å². The number of benzene rings is 1. The quantitative estimate of drug-likeness (QED) is 0.684. The van der Waals surface area contributed by atoms with Gasteiger partial charge in [-0.05, 0) is 43.7 Å². The van der Waals surface area contributed by atoms with Crippen LogP contribution in [0, 0.1) is 5.82 Å². The lowest BCUT2D eigenvalue weighted by Gasteiger charge is -2.28. The fraction of sp³-hybridized carbons (Fsp3) is 0.333. The molecule has 32 heavy (non-hydrogen) atoms. The first-order valence-corrected chi connectivity index (χ1v) is 10.9. The van der Waals surface area contributed by atoms with Gasteiger partial charge in [0.2, 0.25) is 0 Å². The first-order valence-electron chi connectivity index (χ1n) is 10.9. The van der Waals surface area contributed by atoms with E-state index in [-0.39, 0.29) is 29.5 Å². The molecular weight excluding hydrogens is 409 g/mol. The van der Waals surface area contributed by atoms with Crippen LogP contribution in [0.3, 0.4) is 0 Å². The molecule has 3 aromatic rings. The predicted octanol–water partition coefficient (Wildman–Crippen LogP) is 2.49. The molecule has 2 aliphatic rings. The molecule has 8 heteroatoms. The summed E-state index contributed by atoms with van der Waals surface area (Å²) < 4.78 is 14.1. The number of nitrogens with zero attached hydrogens (tertiary/aromatic N) is 4. The minimum absolute atomic E-state index is 0.0435. The molecule has 7 nitrogen and oxygen atoms in total. The highest BCUT2D eigenvalue weighted by Crippen LogP contribution is 2.27. The van der Waals surface area contributed by atoms with Gasteiger partial charge in [0.1, 0.15) is 11.6 Å². The van der Waals surface area contributed by atoms with Crippen molar-refractivity contribution in [3.63, 3.8) is 0 Å². The summed E-state index contributed by atoms with van der Waals surface area (Å²) in [5, 5.41) is 0. The number of nitrogens with one attached hydrogen (secondary N) is 1. The maximum absolute atomic E-state index is 14.1.